The summed E-state index contributed by atoms with van der Waals surface area (Å²) in [5.41, 5.74) is 6.55. The number of piperidine rings is 1. The number of nitrogens with one attached hydrogen (secondary N) is 1. The highest BCUT2D eigenvalue weighted by molar-refractivity contribution is 5.78. The summed E-state index contributed by atoms with van der Waals surface area (Å²) in [6.45, 7) is 6.31. The summed E-state index contributed by atoms with van der Waals surface area (Å²) in [5, 5.41) is 3.33. The minimum Gasteiger partial charge on any atom is -0.369 e. The summed E-state index contributed by atoms with van der Waals surface area (Å²) in [6.07, 6.45) is 13.2. The molecule has 1 N–H and O–H groups in total. The Labute approximate surface area is 179 Å². The van der Waals surface area contributed by atoms with Gasteiger partial charge in [0, 0.05) is 43.4 Å². The Kier molecular flexibility index (Phi) is 5.19. The Balaban J connectivity index is 1.41. The van der Waals surface area contributed by atoms with E-state index in [4.69, 9.17) is 0 Å². The summed E-state index contributed by atoms with van der Waals surface area (Å²) in [6, 6.07) is 11.7. The fourth-order valence-corrected chi connectivity index (χ4v) is 4.62. The molecule has 1 saturated carbocycles. The van der Waals surface area contributed by atoms with Gasteiger partial charge in [0.15, 0.2) is 0 Å². The van der Waals surface area contributed by atoms with Crippen molar-refractivity contribution >= 4 is 17.6 Å². The lowest BCUT2D eigenvalue weighted by atomic mass is 9.99. The van der Waals surface area contributed by atoms with Crippen molar-refractivity contribution in [1.82, 2.24) is 15.2 Å². The molecule has 2 aromatic rings. The zero-order valence-corrected chi connectivity index (χ0v) is 18.0. The SMILES string of the molecule is Cc1ccc(N(c2cnccc2C2CC2)C2CCN(C3=CNC(C)N=C3)CC2)cc1. The van der Waals surface area contributed by atoms with Crippen molar-refractivity contribution in [3.8, 4) is 0 Å². The molecule has 1 aromatic heterocycles. The first kappa shape index (κ1) is 19.2. The van der Waals surface area contributed by atoms with E-state index in [2.05, 4.69) is 81.7 Å². The van der Waals surface area contributed by atoms with Crippen LogP contribution in [0.1, 0.15) is 49.7 Å². The monoisotopic (exact) mass is 401 g/mol. The molecule has 3 heterocycles. The zero-order valence-electron chi connectivity index (χ0n) is 18.0. The number of hydrogen-bond donors (Lipinski definition) is 1. The minimum atomic E-state index is 0.176. The molecular formula is C25H31N5. The average Bonchev–Trinajstić information content (AvgIpc) is 3.62. The third-order valence-corrected chi connectivity index (χ3v) is 6.52. The molecule has 0 radical (unpaired) electrons. The number of pyridine rings is 1. The Hall–Kier alpha value is -2.82. The van der Waals surface area contributed by atoms with E-state index in [1.165, 1.54) is 41.0 Å². The fourth-order valence-electron chi connectivity index (χ4n) is 4.62. The number of aryl methyl sites for hydroxylation is 1. The van der Waals surface area contributed by atoms with Crippen LogP contribution in [0.4, 0.5) is 11.4 Å². The topological polar surface area (TPSA) is 43.8 Å². The van der Waals surface area contributed by atoms with Crippen LogP contribution in [0.3, 0.4) is 0 Å². The van der Waals surface area contributed by atoms with Gasteiger partial charge < -0.3 is 15.1 Å². The van der Waals surface area contributed by atoms with Gasteiger partial charge in [-0.2, -0.15) is 0 Å². The molecule has 30 heavy (non-hydrogen) atoms. The second-order valence-electron chi connectivity index (χ2n) is 8.82. The van der Waals surface area contributed by atoms with Crippen molar-refractivity contribution < 1.29 is 0 Å². The average molecular weight is 402 g/mol. The molecule has 2 fully saturated rings. The third-order valence-electron chi connectivity index (χ3n) is 6.52. The van der Waals surface area contributed by atoms with Crippen LogP contribution in [-0.2, 0) is 0 Å². The molecule has 1 atom stereocenters. The molecule has 0 spiro atoms. The van der Waals surface area contributed by atoms with Crippen LogP contribution >= 0.6 is 0 Å². The summed E-state index contributed by atoms with van der Waals surface area (Å²) < 4.78 is 0. The van der Waals surface area contributed by atoms with Crippen molar-refractivity contribution in [3.05, 3.63) is 65.7 Å². The highest BCUT2D eigenvalue weighted by Gasteiger charge is 2.32. The van der Waals surface area contributed by atoms with Gasteiger partial charge in [-0.05, 0) is 69.2 Å². The highest BCUT2D eigenvalue weighted by Crippen LogP contribution is 2.46. The van der Waals surface area contributed by atoms with Gasteiger partial charge in [-0.1, -0.05) is 17.7 Å². The van der Waals surface area contributed by atoms with Gasteiger partial charge in [-0.3, -0.25) is 9.98 Å². The number of nitrogens with zero attached hydrogens (tertiary/aromatic N) is 4. The summed E-state index contributed by atoms with van der Waals surface area (Å²) in [4.78, 5) is 14.1. The van der Waals surface area contributed by atoms with E-state index in [-0.39, 0.29) is 6.17 Å². The van der Waals surface area contributed by atoms with E-state index in [9.17, 15) is 0 Å². The van der Waals surface area contributed by atoms with Crippen LogP contribution in [0, 0.1) is 6.92 Å². The van der Waals surface area contributed by atoms with Crippen molar-refractivity contribution in [2.75, 3.05) is 18.0 Å². The molecule has 0 bridgehead atoms. The quantitative estimate of drug-likeness (QED) is 0.787. The maximum atomic E-state index is 4.52. The highest BCUT2D eigenvalue weighted by atomic mass is 15.2. The van der Waals surface area contributed by atoms with Crippen molar-refractivity contribution in [2.45, 2.75) is 57.7 Å². The van der Waals surface area contributed by atoms with E-state index in [1.807, 2.05) is 12.4 Å². The molecule has 1 aliphatic carbocycles. The maximum absolute atomic E-state index is 4.52. The number of aromatic nitrogens is 1. The van der Waals surface area contributed by atoms with E-state index >= 15 is 0 Å². The zero-order chi connectivity index (χ0) is 20.5. The lowest BCUT2D eigenvalue weighted by Gasteiger charge is -2.41. The van der Waals surface area contributed by atoms with E-state index in [0.29, 0.717) is 12.0 Å². The smallest absolute Gasteiger partial charge is 0.115 e. The minimum absolute atomic E-state index is 0.176. The van der Waals surface area contributed by atoms with Crippen molar-refractivity contribution in [3.63, 3.8) is 0 Å². The number of benzene rings is 1. The second kappa shape index (κ2) is 8.13. The molecule has 5 heteroatoms. The number of anilines is 2. The van der Waals surface area contributed by atoms with Crippen molar-refractivity contribution in [2.24, 2.45) is 4.99 Å². The molecule has 1 aromatic carbocycles. The van der Waals surface area contributed by atoms with E-state index < -0.39 is 0 Å². The third kappa shape index (κ3) is 3.93. The summed E-state index contributed by atoms with van der Waals surface area (Å²) in [5.74, 6) is 0.702. The lowest BCUT2D eigenvalue weighted by molar-refractivity contribution is 0.271. The molecule has 1 saturated heterocycles. The Morgan fingerprint density at radius 2 is 1.80 bits per heavy atom. The molecular weight excluding hydrogens is 370 g/mol. The molecule has 1 unspecified atom stereocenters. The fraction of sp³-hybridized carbons (Fsp3) is 0.440. The molecule has 3 aliphatic rings. The molecule has 156 valence electrons. The first-order valence-corrected chi connectivity index (χ1v) is 11.2. The van der Waals surface area contributed by atoms with Gasteiger partial charge >= 0.3 is 0 Å². The van der Waals surface area contributed by atoms with E-state index in [0.717, 1.165) is 25.9 Å². The summed E-state index contributed by atoms with van der Waals surface area (Å²) in [7, 11) is 0. The predicted molar refractivity (Wildman–Crippen MR) is 123 cm³/mol. The van der Waals surface area contributed by atoms with Crippen LogP contribution in [-0.4, -0.2) is 41.4 Å². The first-order valence-electron chi connectivity index (χ1n) is 11.2. The normalized spacial score (nSPS) is 21.9. The largest absolute Gasteiger partial charge is 0.369 e. The number of allylic oxidation sites excluding steroid dienone is 1. The van der Waals surface area contributed by atoms with Gasteiger partial charge in [-0.15, -0.1) is 0 Å². The van der Waals surface area contributed by atoms with Gasteiger partial charge in [-0.25, -0.2) is 0 Å². The maximum Gasteiger partial charge on any atom is 0.115 e. The Morgan fingerprint density at radius 1 is 1.03 bits per heavy atom. The second-order valence-corrected chi connectivity index (χ2v) is 8.82. The van der Waals surface area contributed by atoms with Gasteiger partial charge in [0.1, 0.15) is 6.17 Å². The standard InChI is InChI=1S/C25H31N5/c1-18-3-7-21(8-4-18)30(25-17-26-12-9-24(25)20-5-6-20)22-10-13-29(14-11-22)23-15-27-19(2)28-16-23/h3-4,7-9,12,15-17,19-20,22,27H,5-6,10-11,13-14H2,1-2H3. The van der Waals surface area contributed by atoms with Crippen LogP contribution in [0.25, 0.3) is 0 Å². The Morgan fingerprint density at radius 3 is 2.47 bits per heavy atom. The van der Waals surface area contributed by atoms with Gasteiger partial charge in [0.05, 0.1) is 17.6 Å². The lowest BCUT2D eigenvalue weighted by Crippen LogP contribution is -2.44. The number of rotatable bonds is 5. The number of aliphatic imine (C=N–C) groups is 1. The predicted octanol–water partition coefficient (Wildman–Crippen LogP) is 4.73. The molecule has 2 aliphatic heterocycles. The number of likely N-dealkylation sites (tertiary alicyclic amines) is 1. The van der Waals surface area contributed by atoms with E-state index in [1.54, 1.807) is 0 Å². The van der Waals surface area contributed by atoms with Gasteiger partial charge in [0.25, 0.3) is 0 Å². The first-order chi connectivity index (χ1) is 14.7. The number of hydrogen-bond acceptors (Lipinski definition) is 5. The summed E-state index contributed by atoms with van der Waals surface area (Å²) >= 11 is 0. The van der Waals surface area contributed by atoms with Crippen LogP contribution < -0.4 is 10.2 Å². The van der Waals surface area contributed by atoms with Gasteiger partial charge in [0.2, 0.25) is 0 Å². The molecule has 5 nitrogen and oxygen atoms in total. The van der Waals surface area contributed by atoms with Crippen LogP contribution in [0.5, 0.6) is 0 Å². The Bertz CT molecular complexity index is 936. The molecule has 5 rings (SSSR count). The van der Waals surface area contributed by atoms with Crippen LogP contribution in [0.15, 0.2) is 59.6 Å². The van der Waals surface area contributed by atoms with Crippen molar-refractivity contribution in [1.29, 1.82) is 0 Å². The van der Waals surface area contributed by atoms with Crippen LogP contribution in [0.2, 0.25) is 0 Å². The molecule has 0 amide bonds.